The predicted molar refractivity (Wildman–Crippen MR) is 99.1 cm³/mol. The first kappa shape index (κ1) is 21.7. The lowest BCUT2D eigenvalue weighted by atomic mass is 10.2. The Hall–Kier alpha value is -2.59. The van der Waals surface area contributed by atoms with Crippen LogP contribution >= 0.6 is 0 Å². The summed E-state index contributed by atoms with van der Waals surface area (Å²) in [6, 6.07) is 9.75. The first-order chi connectivity index (χ1) is 13.1. The molecule has 0 aliphatic rings. The van der Waals surface area contributed by atoms with E-state index in [2.05, 4.69) is 10.9 Å². The zero-order valence-electron chi connectivity index (χ0n) is 15.2. The second kappa shape index (κ2) is 8.61. The van der Waals surface area contributed by atoms with Gasteiger partial charge in [-0.15, -0.1) is 0 Å². The Kier molecular flexibility index (Phi) is 6.68. The van der Waals surface area contributed by atoms with Crippen LogP contribution < -0.4 is 10.9 Å². The summed E-state index contributed by atoms with van der Waals surface area (Å²) in [5.41, 5.74) is 3.89. The summed E-state index contributed by atoms with van der Waals surface area (Å²) in [5.74, 6) is -0.686. The number of amides is 1. The minimum absolute atomic E-state index is 0.0371. The van der Waals surface area contributed by atoms with Crippen molar-refractivity contribution in [2.24, 2.45) is 0 Å². The molecule has 0 spiro atoms. The van der Waals surface area contributed by atoms with Gasteiger partial charge < -0.3 is 0 Å². The summed E-state index contributed by atoms with van der Waals surface area (Å²) in [6.07, 6.45) is -4.51. The zero-order valence-corrected chi connectivity index (χ0v) is 16.1. The molecule has 152 valence electrons. The Morgan fingerprint density at radius 3 is 2.29 bits per heavy atom. The van der Waals surface area contributed by atoms with Gasteiger partial charge in [-0.05, 0) is 36.4 Å². The molecule has 10 heteroatoms. The number of hydrogen-bond acceptors (Lipinski definition) is 4. The molecule has 6 nitrogen and oxygen atoms in total. The van der Waals surface area contributed by atoms with Crippen LogP contribution in [0.25, 0.3) is 0 Å². The van der Waals surface area contributed by atoms with Gasteiger partial charge in [-0.2, -0.15) is 17.5 Å². The number of benzene rings is 2. The fourth-order valence-electron chi connectivity index (χ4n) is 2.48. The second-order valence-electron chi connectivity index (χ2n) is 5.77. The van der Waals surface area contributed by atoms with Gasteiger partial charge >= 0.3 is 6.18 Å². The third kappa shape index (κ3) is 5.02. The molecule has 0 atom stereocenters. The van der Waals surface area contributed by atoms with Gasteiger partial charge in [0.05, 0.1) is 16.1 Å². The molecule has 0 bridgehead atoms. The molecule has 2 aromatic carbocycles. The number of hydrogen-bond donors (Lipinski definition) is 2. The van der Waals surface area contributed by atoms with Crippen LogP contribution in [0, 0.1) is 0 Å². The highest BCUT2D eigenvalue weighted by Crippen LogP contribution is 2.30. The summed E-state index contributed by atoms with van der Waals surface area (Å²) < 4.78 is 64.6. The minimum atomic E-state index is -4.51. The van der Waals surface area contributed by atoms with Crippen LogP contribution in [-0.2, 0) is 16.2 Å². The molecule has 0 unspecified atom stereocenters. The first-order valence-corrected chi connectivity index (χ1v) is 9.87. The number of anilines is 1. The molecule has 28 heavy (non-hydrogen) atoms. The number of carbonyl (C=O) groups is 1. The Bertz CT molecular complexity index is 942. The summed E-state index contributed by atoms with van der Waals surface area (Å²) in [7, 11) is -3.74. The van der Waals surface area contributed by atoms with E-state index in [4.69, 9.17) is 0 Å². The van der Waals surface area contributed by atoms with Gasteiger partial charge in [-0.25, -0.2) is 8.42 Å². The monoisotopic (exact) mass is 415 g/mol. The van der Waals surface area contributed by atoms with Gasteiger partial charge in [0.15, 0.2) is 0 Å². The predicted octanol–water partition coefficient (Wildman–Crippen LogP) is 3.49. The van der Waals surface area contributed by atoms with Crippen molar-refractivity contribution in [2.75, 3.05) is 18.5 Å². The van der Waals surface area contributed by atoms with Gasteiger partial charge in [0.1, 0.15) is 0 Å². The molecular formula is C18H20F3N3O3S. The molecule has 0 saturated carbocycles. The van der Waals surface area contributed by atoms with Crippen LogP contribution in [0.5, 0.6) is 0 Å². The van der Waals surface area contributed by atoms with Crippen molar-refractivity contribution in [2.45, 2.75) is 24.9 Å². The molecule has 0 aromatic heterocycles. The van der Waals surface area contributed by atoms with E-state index in [0.717, 1.165) is 12.1 Å². The molecular weight excluding hydrogens is 395 g/mol. The lowest BCUT2D eigenvalue weighted by molar-refractivity contribution is -0.137. The van der Waals surface area contributed by atoms with Gasteiger partial charge in [-0.3, -0.25) is 15.6 Å². The lowest BCUT2D eigenvalue weighted by Crippen LogP contribution is -2.32. The summed E-state index contributed by atoms with van der Waals surface area (Å²) in [6.45, 7) is 3.98. The normalized spacial score (nSPS) is 12.1. The maximum Gasteiger partial charge on any atom is 0.416 e. The van der Waals surface area contributed by atoms with Crippen LogP contribution in [0.3, 0.4) is 0 Å². The van der Waals surface area contributed by atoms with Crippen molar-refractivity contribution in [3.05, 3.63) is 59.7 Å². The van der Waals surface area contributed by atoms with Gasteiger partial charge in [0.2, 0.25) is 10.0 Å². The number of carbonyl (C=O) groups excluding carboxylic acids is 1. The zero-order chi connectivity index (χ0) is 20.9. The number of rotatable bonds is 7. The van der Waals surface area contributed by atoms with E-state index in [0.29, 0.717) is 0 Å². The van der Waals surface area contributed by atoms with Crippen molar-refractivity contribution in [1.82, 2.24) is 9.73 Å². The molecule has 0 saturated heterocycles. The topological polar surface area (TPSA) is 78.5 Å². The summed E-state index contributed by atoms with van der Waals surface area (Å²) >= 11 is 0. The second-order valence-corrected chi connectivity index (χ2v) is 7.71. The van der Waals surface area contributed by atoms with E-state index < -0.39 is 27.7 Å². The van der Waals surface area contributed by atoms with Crippen LogP contribution in [0.4, 0.5) is 18.9 Å². The Labute approximate surface area is 161 Å². The van der Waals surface area contributed by atoms with Crippen molar-refractivity contribution in [1.29, 1.82) is 0 Å². The molecule has 1 amide bonds. The molecule has 0 aliphatic heterocycles. The third-order valence-corrected chi connectivity index (χ3v) is 6.00. The van der Waals surface area contributed by atoms with E-state index in [1.54, 1.807) is 13.8 Å². The number of alkyl halides is 3. The number of sulfonamides is 1. The Balaban J connectivity index is 2.16. The Morgan fingerprint density at radius 2 is 1.68 bits per heavy atom. The molecule has 0 heterocycles. The highest BCUT2D eigenvalue weighted by atomic mass is 32.2. The average molecular weight is 415 g/mol. The summed E-state index contributed by atoms with van der Waals surface area (Å²) in [4.78, 5) is 12.2. The Morgan fingerprint density at radius 1 is 1.04 bits per heavy atom. The quantitative estimate of drug-likeness (QED) is 0.679. The molecule has 2 N–H and O–H groups in total. The first-order valence-electron chi connectivity index (χ1n) is 8.43. The summed E-state index contributed by atoms with van der Waals surface area (Å²) in [5, 5.41) is 0. The van der Waals surface area contributed by atoms with Crippen LogP contribution in [0.15, 0.2) is 53.4 Å². The lowest BCUT2D eigenvalue weighted by Gasteiger charge is -2.18. The maximum absolute atomic E-state index is 12.7. The van der Waals surface area contributed by atoms with Crippen molar-refractivity contribution >= 4 is 21.6 Å². The fourth-order valence-corrected chi connectivity index (χ4v) is 3.99. The minimum Gasteiger partial charge on any atom is -0.298 e. The van der Waals surface area contributed by atoms with Crippen molar-refractivity contribution < 1.29 is 26.4 Å². The van der Waals surface area contributed by atoms with Crippen LogP contribution in [0.2, 0.25) is 0 Å². The molecule has 0 radical (unpaired) electrons. The maximum atomic E-state index is 12.7. The highest BCUT2D eigenvalue weighted by Gasteiger charge is 2.30. The SMILES string of the molecule is CCN(CC)S(=O)(=O)c1cccc(C(=O)NNc2cccc(C(F)(F)F)c2)c1. The number of halogens is 3. The van der Waals surface area contributed by atoms with Crippen LogP contribution in [0.1, 0.15) is 29.8 Å². The van der Waals surface area contributed by atoms with Crippen LogP contribution in [-0.4, -0.2) is 31.7 Å². The van der Waals surface area contributed by atoms with Gasteiger partial charge in [0, 0.05) is 18.7 Å². The number of hydrazine groups is 1. The standard InChI is InChI=1S/C18H20F3N3O3S/c1-3-24(4-2)28(26,27)16-10-5-7-13(11-16)17(25)23-22-15-9-6-8-14(12-15)18(19,20)21/h5-12,22H,3-4H2,1-2H3,(H,23,25). The third-order valence-electron chi connectivity index (χ3n) is 3.95. The van der Waals surface area contributed by atoms with E-state index >= 15 is 0 Å². The van der Waals surface area contributed by atoms with Gasteiger partial charge in [-0.1, -0.05) is 26.0 Å². The average Bonchev–Trinajstić information content (AvgIpc) is 2.66. The number of nitrogens with zero attached hydrogens (tertiary/aromatic N) is 1. The molecule has 0 aliphatic carbocycles. The fraction of sp³-hybridized carbons (Fsp3) is 0.278. The smallest absolute Gasteiger partial charge is 0.298 e. The molecule has 2 aromatic rings. The van der Waals surface area contributed by atoms with Crippen molar-refractivity contribution in [3.8, 4) is 0 Å². The van der Waals surface area contributed by atoms with Gasteiger partial charge in [0.25, 0.3) is 5.91 Å². The van der Waals surface area contributed by atoms with E-state index in [-0.39, 0.29) is 29.2 Å². The number of nitrogens with one attached hydrogen (secondary N) is 2. The molecule has 2 rings (SSSR count). The molecule has 0 fully saturated rings. The van der Waals surface area contributed by atoms with E-state index in [9.17, 15) is 26.4 Å². The largest absolute Gasteiger partial charge is 0.416 e. The highest BCUT2D eigenvalue weighted by molar-refractivity contribution is 7.89. The van der Waals surface area contributed by atoms with Crippen molar-refractivity contribution in [3.63, 3.8) is 0 Å². The van der Waals surface area contributed by atoms with E-state index in [1.165, 1.54) is 40.7 Å². The van der Waals surface area contributed by atoms with E-state index in [1.807, 2.05) is 0 Å².